The summed E-state index contributed by atoms with van der Waals surface area (Å²) in [6.07, 6.45) is 1.41. The fraction of sp³-hybridized carbons (Fsp3) is 0.333. The third-order valence-corrected chi connectivity index (χ3v) is 4.84. The van der Waals surface area contributed by atoms with Crippen molar-refractivity contribution < 1.29 is 23.7 Å². The molecule has 0 spiro atoms. The van der Waals surface area contributed by atoms with Gasteiger partial charge in [0.2, 0.25) is 6.79 Å². The largest absolute Gasteiger partial charge is 0.497 e. The molecule has 0 saturated heterocycles. The summed E-state index contributed by atoms with van der Waals surface area (Å²) in [4.78, 5) is 17.3. The van der Waals surface area contributed by atoms with Gasteiger partial charge >= 0.3 is 0 Å². The predicted molar refractivity (Wildman–Crippen MR) is 101 cm³/mol. The van der Waals surface area contributed by atoms with Crippen molar-refractivity contribution in [2.45, 2.75) is 19.3 Å². The van der Waals surface area contributed by atoms with E-state index < -0.39 is 0 Å². The van der Waals surface area contributed by atoms with Crippen molar-refractivity contribution in [2.24, 2.45) is 4.99 Å². The monoisotopic (exact) mass is 367 g/mol. The van der Waals surface area contributed by atoms with Crippen molar-refractivity contribution in [1.29, 1.82) is 0 Å². The molecule has 2 aliphatic rings. The highest BCUT2D eigenvalue weighted by atomic mass is 16.7. The molecule has 27 heavy (non-hydrogen) atoms. The van der Waals surface area contributed by atoms with Crippen LogP contribution in [0, 0.1) is 0 Å². The van der Waals surface area contributed by atoms with Crippen LogP contribution < -0.4 is 18.9 Å². The highest BCUT2D eigenvalue weighted by Crippen LogP contribution is 2.36. The van der Waals surface area contributed by atoms with Crippen LogP contribution in [-0.4, -0.2) is 39.1 Å². The van der Waals surface area contributed by atoms with E-state index in [9.17, 15) is 4.79 Å². The van der Waals surface area contributed by atoms with Crippen LogP contribution in [0.15, 0.2) is 35.3 Å². The van der Waals surface area contributed by atoms with Gasteiger partial charge in [-0.05, 0) is 30.2 Å². The normalized spacial score (nSPS) is 14.4. The summed E-state index contributed by atoms with van der Waals surface area (Å²) in [6.45, 7) is 0.919. The van der Waals surface area contributed by atoms with Crippen molar-refractivity contribution in [3.8, 4) is 23.0 Å². The number of rotatable bonds is 6. The summed E-state index contributed by atoms with van der Waals surface area (Å²) in [5.74, 6) is 2.92. The van der Waals surface area contributed by atoms with E-state index in [4.69, 9.17) is 18.9 Å². The zero-order valence-corrected chi connectivity index (χ0v) is 15.4. The van der Waals surface area contributed by atoms with E-state index in [1.807, 2.05) is 24.3 Å². The summed E-state index contributed by atoms with van der Waals surface area (Å²) >= 11 is 0. The first-order valence-electron chi connectivity index (χ1n) is 8.86. The molecule has 6 nitrogen and oxygen atoms in total. The number of aliphatic imine (C=N–C) groups is 1. The molecule has 0 radical (unpaired) electrons. The van der Waals surface area contributed by atoms with Crippen LogP contribution in [0.3, 0.4) is 0 Å². The van der Waals surface area contributed by atoms with Crippen LogP contribution in [0.2, 0.25) is 0 Å². The van der Waals surface area contributed by atoms with Crippen molar-refractivity contribution in [2.75, 3.05) is 27.6 Å². The summed E-state index contributed by atoms with van der Waals surface area (Å²) in [6, 6.07) is 9.43. The number of carbonyl (C=O) groups excluding carboxylic acids is 1. The maximum absolute atomic E-state index is 12.7. The number of fused-ring (bicyclic) bond motifs is 2. The van der Waals surface area contributed by atoms with E-state index in [1.165, 1.54) is 0 Å². The number of hydrogen-bond acceptors (Lipinski definition) is 6. The number of ketones is 1. The van der Waals surface area contributed by atoms with Gasteiger partial charge in [-0.1, -0.05) is 6.07 Å². The molecule has 0 saturated carbocycles. The van der Waals surface area contributed by atoms with E-state index in [-0.39, 0.29) is 25.4 Å². The van der Waals surface area contributed by atoms with Gasteiger partial charge < -0.3 is 18.9 Å². The molecule has 2 aliphatic heterocycles. The van der Waals surface area contributed by atoms with Crippen molar-refractivity contribution in [3.63, 3.8) is 0 Å². The zero-order valence-electron chi connectivity index (χ0n) is 15.4. The fourth-order valence-electron chi connectivity index (χ4n) is 3.47. The average molecular weight is 367 g/mol. The van der Waals surface area contributed by atoms with Gasteiger partial charge in [-0.3, -0.25) is 9.79 Å². The number of nitrogens with zero attached hydrogens (tertiary/aromatic N) is 1. The van der Waals surface area contributed by atoms with Gasteiger partial charge in [-0.25, -0.2) is 0 Å². The topological polar surface area (TPSA) is 66.4 Å². The molecule has 2 aromatic rings. The van der Waals surface area contributed by atoms with Gasteiger partial charge in [0.25, 0.3) is 0 Å². The van der Waals surface area contributed by atoms with Crippen molar-refractivity contribution >= 4 is 11.5 Å². The van der Waals surface area contributed by atoms with Crippen LogP contribution in [0.4, 0.5) is 0 Å². The number of methoxy groups -OCH3 is 2. The molecule has 0 N–H and O–H groups in total. The molecule has 2 aromatic carbocycles. The molecular weight excluding hydrogens is 346 g/mol. The second-order valence-electron chi connectivity index (χ2n) is 6.51. The van der Waals surface area contributed by atoms with Gasteiger partial charge in [-0.15, -0.1) is 0 Å². The maximum atomic E-state index is 12.7. The molecule has 0 bridgehead atoms. The molecule has 6 heteroatoms. The zero-order chi connectivity index (χ0) is 18.8. The van der Waals surface area contributed by atoms with Crippen LogP contribution >= 0.6 is 0 Å². The maximum Gasteiger partial charge on any atom is 0.231 e. The molecule has 0 atom stereocenters. The lowest BCUT2D eigenvalue weighted by Crippen LogP contribution is -2.18. The van der Waals surface area contributed by atoms with Crippen LogP contribution in [0.1, 0.15) is 23.1 Å². The Balaban J connectivity index is 1.52. The number of carbonyl (C=O) groups is 1. The first kappa shape index (κ1) is 17.4. The van der Waals surface area contributed by atoms with E-state index in [2.05, 4.69) is 4.99 Å². The Morgan fingerprint density at radius 2 is 1.89 bits per heavy atom. The van der Waals surface area contributed by atoms with Gasteiger partial charge in [0.05, 0.1) is 14.2 Å². The first-order valence-corrected chi connectivity index (χ1v) is 8.86. The lowest BCUT2D eigenvalue weighted by atomic mass is 9.93. The Labute approximate surface area is 157 Å². The Morgan fingerprint density at radius 1 is 1.07 bits per heavy atom. The molecule has 0 aliphatic carbocycles. The van der Waals surface area contributed by atoms with E-state index >= 15 is 0 Å². The molecule has 0 aromatic heterocycles. The third kappa shape index (κ3) is 3.47. The summed E-state index contributed by atoms with van der Waals surface area (Å²) in [5.41, 5.74) is 3.79. The minimum absolute atomic E-state index is 0.0859. The molecular formula is C21H21NO5. The van der Waals surface area contributed by atoms with Crippen molar-refractivity contribution in [1.82, 2.24) is 0 Å². The smallest absolute Gasteiger partial charge is 0.231 e. The Bertz CT molecular complexity index is 919. The van der Waals surface area contributed by atoms with Gasteiger partial charge in [0.15, 0.2) is 11.5 Å². The van der Waals surface area contributed by atoms with Crippen molar-refractivity contribution in [3.05, 3.63) is 47.0 Å². The van der Waals surface area contributed by atoms with Gasteiger partial charge in [0.1, 0.15) is 17.3 Å². The summed E-state index contributed by atoms with van der Waals surface area (Å²) in [7, 11) is 3.19. The first-order chi connectivity index (χ1) is 13.2. The Morgan fingerprint density at radius 3 is 2.67 bits per heavy atom. The fourth-order valence-corrected chi connectivity index (χ4v) is 3.47. The van der Waals surface area contributed by atoms with Crippen LogP contribution in [-0.2, 0) is 17.6 Å². The predicted octanol–water partition coefficient (Wildman–Crippen LogP) is 2.98. The molecule has 0 unspecified atom stereocenters. The molecule has 4 rings (SSSR count). The lowest BCUT2D eigenvalue weighted by Gasteiger charge is -2.17. The minimum atomic E-state index is 0.0859. The Hall–Kier alpha value is -3.02. The minimum Gasteiger partial charge on any atom is -0.497 e. The second-order valence-corrected chi connectivity index (χ2v) is 6.51. The Kier molecular flexibility index (Phi) is 4.71. The summed E-state index contributed by atoms with van der Waals surface area (Å²) < 4.78 is 21.5. The lowest BCUT2D eigenvalue weighted by molar-refractivity contribution is -0.117. The highest BCUT2D eigenvalue weighted by Gasteiger charge is 2.23. The quantitative estimate of drug-likeness (QED) is 0.785. The average Bonchev–Trinajstić information content (AvgIpc) is 3.14. The SMILES string of the molecule is COc1ccc(CC(=O)CC2=NCCc3cc4c(cc32)OCO4)c(OC)c1. The van der Waals surface area contributed by atoms with Gasteiger partial charge in [-0.2, -0.15) is 0 Å². The molecule has 0 amide bonds. The number of hydrogen-bond donors (Lipinski definition) is 0. The van der Waals surface area contributed by atoms with E-state index in [0.717, 1.165) is 34.6 Å². The van der Waals surface area contributed by atoms with Crippen LogP contribution in [0.5, 0.6) is 23.0 Å². The van der Waals surface area contributed by atoms with E-state index in [1.54, 1.807) is 20.3 Å². The van der Waals surface area contributed by atoms with E-state index in [0.29, 0.717) is 23.8 Å². The molecule has 0 fully saturated rings. The standard InChI is InChI=1S/C21H21NO5/c1-24-16-4-3-14(19(10-16)25-2)7-15(23)9-18-17-11-21-20(26-12-27-21)8-13(17)5-6-22-18/h3-4,8,10-11H,5-7,9,12H2,1-2H3. The number of ether oxygens (including phenoxy) is 4. The molecule has 140 valence electrons. The number of Topliss-reactive ketones (excluding diaryl/α,β-unsaturated/α-hetero) is 1. The van der Waals surface area contributed by atoms with Gasteiger partial charge in [0, 0.05) is 42.3 Å². The second kappa shape index (κ2) is 7.31. The highest BCUT2D eigenvalue weighted by molar-refractivity contribution is 6.13. The van der Waals surface area contributed by atoms with Crippen LogP contribution in [0.25, 0.3) is 0 Å². The third-order valence-electron chi connectivity index (χ3n) is 4.84. The number of benzene rings is 2. The molecule has 2 heterocycles. The summed E-state index contributed by atoms with van der Waals surface area (Å²) in [5, 5.41) is 0.